The fourth-order valence-electron chi connectivity index (χ4n) is 2.48. The van der Waals surface area contributed by atoms with Crippen molar-refractivity contribution in [2.75, 3.05) is 24.2 Å². The summed E-state index contributed by atoms with van der Waals surface area (Å²) in [6.45, 7) is 3.71. The van der Waals surface area contributed by atoms with E-state index < -0.39 is 0 Å². The average molecular weight is 291 g/mol. The van der Waals surface area contributed by atoms with Gasteiger partial charge in [0.1, 0.15) is 5.75 Å². The van der Waals surface area contributed by atoms with E-state index in [9.17, 15) is 4.79 Å². The number of nitrogens with two attached hydrogens (primary N) is 1. The Kier molecular flexibility index (Phi) is 5.87. The van der Waals surface area contributed by atoms with Crippen LogP contribution >= 0.6 is 0 Å². The molecule has 4 N–H and O–H groups in total. The normalized spacial score (nSPS) is 18.2. The quantitative estimate of drug-likeness (QED) is 0.704. The number of nitrogen functional groups attached to an aromatic ring is 1. The van der Waals surface area contributed by atoms with Gasteiger partial charge in [-0.15, -0.1) is 0 Å². The van der Waals surface area contributed by atoms with Crippen LogP contribution in [0, 0.1) is 0 Å². The van der Waals surface area contributed by atoms with Gasteiger partial charge in [0.25, 0.3) is 0 Å². The minimum Gasteiger partial charge on any atom is -0.494 e. The largest absolute Gasteiger partial charge is 0.494 e. The van der Waals surface area contributed by atoms with Gasteiger partial charge >= 0.3 is 0 Å². The van der Waals surface area contributed by atoms with Crippen LogP contribution in [-0.4, -0.2) is 25.1 Å². The molecule has 0 spiro atoms. The average Bonchev–Trinajstić information content (AvgIpc) is 2.49. The Labute approximate surface area is 126 Å². The topological polar surface area (TPSA) is 76.4 Å². The molecule has 1 aromatic rings. The highest BCUT2D eigenvalue weighted by atomic mass is 16.5. The molecule has 0 radical (unpaired) electrons. The van der Waals surface area contributed by atoms with Crippen LogP contribution in [-0.2, 0) is 4.79 Å². The van der Waals surface area contributed by atoms with Crippen LogP contribution in [0.3, 0.4) is 0 Å². The van der Waals surface area contributed by atoms with E-state index in [0.29, 0.717) is 24.4 Å². The number of carbonyl (C=O) groups is 1. The second-order valence-electron chi connectivity index (χ2n) is 5.50. The first-order chi connectivity index (χ1) is 10.2. The molecule has 1 atom stereocenters. The molecule has 0 aliphatic carbocycles. The molecule has 2 rings (SSSR count). The molecule has 0 aromatic heterocycles. The van der Waals surface area contributed by atoms with Crippen LogP contribution in [0.1, 0.15) is 39.0 Å². The van der Waals surface area contributed by atoms with Crippen molar-refractivity contribution >= 4 is 17.3 Å². The van der Waals surface area contributed by atoms with Gasteiger partial charge in [0.2, 0.25) is 5.91 Å². The Morgan fingerprint density at radius 3 is 3.05 bits per heavy atom. The number of anilines is 2. The highest BCUT2D eigenvalue weighted by Crippen LogP contribution is 2.25. The monoisotopic (exact) mass is 291 g/mol. The number of ether oxygens (including phenoxy) is 1. The fraction of sp³-hybridized carbons (Fsp3) is 0.562. The van der Waals surface area contributed by atoms with Crippen LogP contribution in [0.25, 0.3) is 0 Å². The molecule has 5 nitrogen and oxygen atoms in total. The van der Waals surface area contributed by atoms with E-state index in [-0.39, 0.29) is 11.9 Å². The second kappa shape index (κ2) is 7.88. The molecule has 21 heavy (non-hydrogen) atoms. The lowest BCUT2D eigenvalue weighted by Crippen LogP contribution is -2.37. The van der Waals surface area contributed by atoms with Crippen molar-refractivity contribution in [3.8, 4) is 5.75 Å². The highest BCUT2D eigenvalue weighted by Gasteiger charge is 2.17. The van der Waals surface area contributed by atoms with Gasteiger partial charge in [-0.05, 0) is 37.9 Å². The van der Waals surface area contributed by atoms with Crippen molar-refractivity contribution in [2.24, 2.45) is 0 Å². The summed E-state index contributed by atoms with van der Waals surface area (Å²) in [7, 11) is 0. The van der Waals surface area contributed by atoms with E-state index in [1.807, 2.05) is 6.07 Å². The molecule has 0 bridgehead atoms. The van der Waals surface area contributed by atoms with Crippen LogP contribution in [0.15, 0.2) is 18.2 Å². The minimum atomic E-state index is -0.00579. The van der Waals surface area contributed by atoms with Gasteiger partial charge in [-0.2, -0.15) is 0 Å². The SMILES string of the molecule is CCCOc1ccc(N)c(NC(=O)CC2CCCCN2)c1. The fourth-order valence-corrected chi connectivity index (χ4v) is 2.48. The Bertz CT molecular complexity index is 471. The number of nitrogens with one attached hydrogen (secondary N) is 2. The van der Waals surface area contributed by atoms with Gasteiger partial charge in [-0.1, -0.05) is 13.3 Å². The third kappa shape index (κ3) is 4.93. The molecule has 1 heterocycles. The molecule has 1 fully saturated rings. The van der Waals surface area contributed by atoms with Gasteiger partial charge in [-0.25, -0.2) is 0 Å². The number of carbonyl (C=O) groups excluding carboxylic acids is 1. The molecular weight excluding hydrogens is 266 g/mol. The van der Waals surface area contributed by atoms with Crippen molar-refractivity contribution in [2.45, 2.75) is 45.1 Å². The minimum absolute atomic E-state index is 0.00579. The van der Waals surface area contributed by atoms with E-state index in [4.69, 9.17) is 10.5 Å². The van der Waals surface area contributed by atoms with E-state index >= 15 is 0 Å². The smallest absolute Gasteiger partial charge is 0.225 e. The summed E-state index contributed by atoms with van der Waals surface area (Å²) in [5, 5.41) is 6.26. The van der Waals surface area contributed by atoms with Gasteiger partial charge in [0, 0.05) is 18.5 Å². The van der Waals surface area contributed by atoms with Gasteiger partial charge in [-0.3, -0.25) is 4.79 Å². The zero-order chi connectivity index (χ0) is 15.1. The standard InChI is InChI=1S/C16H25N3O2/c1-2-9-21-13-6-7-14(17)15(11-13)19-16(20)10-12-5-3-4-8-18-12/h6-7,11-12,18H,2-5,8-10,17H2,1H3,(H,19,20). The van der Waals surface area contributed by atoms with E-state index in [1.54, 1.807) is 12.1 Å². The lowest BCUT2D eigenvalue weighted by molar-refractivity contribution is -0.116. The second-order valence-corrected chi connectivity index (χ2v) is 5.50. The van der Waals surface area contributed by atoms with Crippen LogP contribution < -0.4 is 21.1 Å². The maximum absolute atomic E-state index is 12.1. The number of benzene rings is 1. The maximum atomic E-state index is 12.1. The van der Waals surface area contributed by atoms with Crippen molar-refractivity contribution in [1.29, 1.82) is 0 Å². The summed E-state index contributed by atoms with van der Waals surface area (Å²) in [5.74, 6) is 0.728. The molecule has 1 aromatic carbocycles. The molecule has 1 saturated heterocycles. The molecule has 1 unspecified atom stereocenters. The van der Waals surface area contributed by atoms with Crippen LogP contribution in [0.4, 0.5) is 11.4 Å². The molecule has 1 aliphatic heterocycles. The Morgan fingerprint density at radius 1 is 1.48 bits per heavy atom. The molecular formula is C16H25N3O2. The summed E-state index contributed by atoms with van der Waals surface area (Å²) in [5.41, 5.74) is 7.10. The molecule has 116 valence electrons. The third-order valence-electron chi connectivity index (χ3n) is 3.62. The van der Waals surface area contributed by atoms with E-state index in [2.05, 4.69) is 17.6 Å². The number of amides is 1. The number of hydrogen-bond acceptors (Lipinski definition) is 4. The van der Waals surface area contributed by atoms with Crippen molar-refractivity contribution in [3.05, 3.63) is 18.2 Å². The third-order valence-corrected chi connectivity index (χ3v) is 3.62. The van der Waals surface area contributed by atoms with Crippen LogP contribution in [0.5, 0.6) is 5.75 Å². The zero-order valence-corrected chi connectivity index (χ0v) is 12.7. The van der Waals surface area contributed by atoms with E-state index in [1.165, 1.54) is 12.8 Å². The van der Waals surface area contributed by atoms with Crippen molar-refractivity contribution in [3.63, 3.8) is 0 Å². The van der Waals surface area contributed by atoms with Gasteiger partial charge in [0.15, 0.2) is 0 Å². The van der Waals surface area contributed by atoms with Gasteiger partial charge in [0.05, 0.1) is 18.0 Å². The summed E-state index contributed by atoms with van der Waals surface area (Å²) in [4.78, 5) is 12.1. The summed E-state index contributed by atoms with van der Waals surface area (Å²) >= 11 is 0. The number of hydrogen-bond donors (Lipinski definition) is 3. The number of piperidine rings is 1. The summed E-state index contributed by atoms with van der Waals surface area (Å²) in [6.07, 6.45) is 4.87. The van der Waals surface area contributed by atoms with Crippen molar-refractivity contribution in [1.82, 2.24) is 5.32 Å². The molecule has 1 amide bonds. The first kappa shape index (κ1) is 15.6. The number of rotatable bonds is 6. The first-order valence-corrected chi connectivity index (χ1v) is 7.74. The lowest BCUT2D eigenvalue weighted by atomic mass is 10.0. The predicted octanol–water partition coefficient (Wildman–Crippen LogP) is 2.53. The first-order valence-electron chi connectivity index (χ1n) is 7.74. The highest BCUT2D eigenvalue weighted by molar-refractivity contribution is 5.94. The Morgan fingerprint density at radius 2 is 2.33 bits per heavy atom. The summed E-state index contributed by atoms with van der Waals surface area (Å²) < 4.78 is 5.56. The lowest BCUT2D eigenvalue weighted by Gasteiger charge is -2.23. The molecule has 1 aliphatic rings. The zero-order valence-electron chi connectivity index (χ0n) is 12.7. The maximum Gasteiger partial charge on any atom is 0.225 e. The van der Waals surface area contributed by atoms with Gasteiger partial charge < -0.3 is 21.1 Å². The van der Waals surface area contributed by atoms with Crippen molar-refractivity contribution < 1.29 is 9.53 Å². The summed E-state index contributed by atoms with van der Waals surface area (Å²) in [6, 6.07) is 5.65. The Hall–Kier alpha value is -1.75. The van der Waals surface area contributed by atoms with Crippen LogP contribution in [0.2, 0.25) is 0 Å². The van der Waals surface area contributed by atoms with E-state index in [0.717, 1.165) is 25.1 Å². The molecule has 0 saturated carbocycles. The predicted molar refractivity (Wildman–Crippen MR) is 85.5 cm³/mol. The molecule has 5 heteroatoms. The Balaban J connectivity index is 1.92.